The molecule has 2 aromatic carbocycles. The molecule has 2 heterocycles. The predicted molar refractivity (Wildman–Crippen MR) is 95.2 cm³/mol. The molecule has 1 aliphatic rings. The Kier molecular flexibility index (Phi) is 4.08. The van der Waals surface area contributed by atoms with Crippen molar-refractivity contribution in [3.8, 4) is 11.3 Å². The molecule has 0 amide bonds. The van der Waals surface area contributed by atoms with Crippen LogP contribution in [0.3, 0.4) is 0 Å². The fourth-order valence-electron chi connectivity index (χ4n) is 3.03. The molecule has 0 radical (unpaired) electrons. The minimum Gasteiger partial charge on any atom is -0.378 e. The number of anilines is 1. The lowest BCUT2D eigenvalue weighted by Crippen LogP contribution is -2.36. The number of ether oxygens (including phenoxy) is 1. The molecule has 1 fully saturated rings. The van der Waals surface area contributed by atoms with Crippen molar-refractivity contribution in [3.63, 3.8) is 0 Å². The van der Waals surface area contributed by atoms with Crippen LogP contribution in [0.4, 0.5) is 10.2 Å². The lowest BCUT2D eigenvalue weighted by Gasteiger charge is -2.28. The van der Waals surface area contributed by atoms with Crippen molar-refractivity contribution >= 4 is 28.2 Å². The number of benzene rings is 2. The number of hydrogen-bond donors (Lipinski definition) is 0. The van der Waals surface area contributed by atoms with Crippen molar-refractivity contribution in [3.05, 3.63) is 59.4 Å². The zero-order valence-electron chi connectivity index (χ0n) is 13.0. The third-order valence-corrected chi connectivity index (χ3v) is 4.48. The van der Waals surface area contributed by atoms with Crippen molar-refractivity contribution in [2.24, 2.45) is 0 Å². The van der Waals surface area contributed by atoms with Crippen LogP contribution in [0.15, 0.2) is 48.5 Å². The lowest BCUT2D eigenvalue weighted by molar-refractivity contribution is 0.122. The van der Waals surface area contributed by atoms with E-state index < -0.39 is 0 Å². The first-order chi connectivity index (χ1) is 11.7. The highest BCUT2D eigenvalue weighted by molar-refractivity contribution is 6.30. The Balaban J connectivity index is 1.92. The highest BCUT2D eigenvalue weighted by atomic mass is 35.5. The molecule has 0 N–H and O–H groups in total. The first-order valence-corrected chi connectivity index (χ1v) is 8.28. The number of aromatic nitrogens is 1. The molecule has 0 spiro atoms. The van der Waals surface area contributed by atoms with Gasteiger partial charge in [-0.05, 0) is 29.7 Å². The summed E-state index contributed by atoms with van der Waals surface area (Å²) in [6.45, 7) is 2.93. The van der Waals surface area contributed by atoms with Gasteiger partial charge in [0.2, 0.25) is 0 Å². The molecule has 3 nitrogen and oxygen atoms in total. The van der Waals surface area contributed by atoms with E-state index >= 15 is 0 Å². The quantitative estimate of drug-likeness (QED) is 0.684. The summed E-state index contributed by atoms with van der Waals surface area (Å²) < 4.78 is 19.9. The summed E-state index contributed by atoms with van der Waals surface area (Å²) in [6, 6.07) is 14.7. The third kappa shape index (κ3) is 2.83. The van der Waals surface area contributed by atoms with Crippen molar-refractivity contribution in [1.82, 2.24) is 4.98 Å². The van der Waals surface area contributed by atoms with Crippen molar-refractivity contribution in [1.29, 1.82) is 0 Å². The molecule has 1 aromatic heterocycles. The highest BCUT2D eigenvalue weighted by Gasteiger charge is 2.17. The minimum atomic E-state index is -0.362. The number of rotatable bonds is 2. The average Bonchev–Trinajstić information content (AvgIpc) is 2.62. The van der Waals surface area contributed by atoms with E-state index in [1.165, 1.54) is 6.07 Å². The van der Waals surface area contributed by atoms with Gasteiger partial charge in [-0.1, -0.05) is 35.9 Å². The van der Waals surface area contributed by atoms with Crippen LogP contribution in [-0.4, -0.2) is 31.3 Å². The first kappa shape index (κ1) is 15.4. The molecule has 122 valence electrons. The largest absolute Gasteiger partial charge is 0.378 e. The predicted octanol–water partition coefficient (Wildman–Crippen LogP) is 4.53. The van der Waals surface area contributed by atoms with Crippen LogP contribution in [0, 0.1) is 5.82 Å². The molecule has 4 rings (SSSR count). The number of morpholine rings is 1. The van der Waals surface area contributed by atoms with Crippen LogP contribution in [0.2, 0.25) is 5.02 Å². The van der Waals surface area contributed by atoms with Crippen molar-refractivity contribution < 1.29 is 9.13 Å². The molecule has 24 heavy (non-hydrogen) atoms. The van der Waals surface area contributed by atoms with Gasteiger partial charge in [0.15, 0.2) is 0 Å². The van der Waals surface area contributed by atoms with E-state index in [0.29, 0.717) is 29.5 Å². The van der Waals surface area contributed by atoms with Gasteiger partial charge in [0.1, 0.15) is 11.6 Å². The second-order valence-corrected chi connectivity index (χ2v) is 6.21. The second kappa shape index (κ2) is 6.38. The summed E-state index contributed by atoms with van der Waals surface area (Å²) in [7, 11) is 0. The van der Waals surface area contributed by atoms with Gasteiger partial charge in [-0.25, -0.2) is 9.37 Å². The van der Waals surface area contributed by atoms with Gasteiger partial charge in [0.05, 0.1) is 18.9 Å². The summed E-state index contributed by atoms with van der Waals surface area (Å²) in [6.07, 6.45) is 0. The molecule has 0 unspecified atom stereocenters. The van der Waals surface area contributed by atoms with Gasteiger partial charge in [0, 0.05) is 29.1 Å². The van der Waals surface area contributed by atoms with Gasteiger partial charge >= 0.3 is 0 Å². The topological polar surface area (TPSA) is 25.4 Å². The maximum atomic E-state index is 14.5. The van der Waals surface area contributed by atoms with E-state index in [0.717, 1.165) is 29.7 Å². The molecule has 0 saturated carbocycles. The Morgan fingerprint density at radius 2 is 1.83 bits per heavy atom. The maximum absolute atomic E-state index is 14.5. The SMILES string of the molecule is Fc1cc(Cl)ccc1-c1nc(N2CCOCC2)cc2ccccc12. The zero-order valence-corrected chi connectivity index (χ0v) is 13.8. The Labute approximate surface area is 144 Å². The molecule has 0 aliphatic carbocycles. The van der Waals surface area contributed by atoms with Crippen LogP contribution in [0.5, 0.6) is 0 Å². The van der Waals surface area contributed by atoms with Crippen molar-refractivity contribution in [2.45, 2.75) is 0 Å². The average molecular weight is 343 g/mol. The molecular formula is C19H16ClFN2O. The van der Waals surface area contributed by atoms with Crippen LogP contribution >= 0.6 is 11.6 Å². The number of halogens is 2. The smallest absolute Gasteiger partial charge is 0.134 e. The van der Waals surface area contributed by atoms with Crippen LogP contribution in [0.1, 0.15) is 0 Å². The van der Waals surface area contributed by atoms with E-state index in [1.54, 1.807) is 12.1 Å². The highest BCUT2D eigenvalue weighted by Crippen LogP contribution is 2.33. The van der Waals surface area contributed by atoms with Crippen LogP contribution in [0.25, 0.3) is 22.0 Å². The monoisotopic (exact) mass is 342 g/mol. The molecule has 0 atom stereocenters. The van der Waals surface area contributed by atoms with Crippen LogP contribution in [-0.2, 0) is 4.74 Å². The molecule has 0 bridgehead atoms. The molecule has 1 saturated heterocycles. The normalized spacial score (nSPS) is 15.0. The Bertz CT molecular complexity index is 894. The molecule has 3 aromatic rings. The van der Waals surface area contributed by atoms with Gasteiger partial charge in [-0.3, -0.25) is 0 Å². The van der Waals surface area contributed by atoms with Gasteiger partial charge < -0.3 is 9.64 Å². The lowest BCUT2D eigenvalue weighted by atomic mass is 10.0. The van der Waals surface area contributed by atoms with Gasteiger partial charge in [-0.2, -0.15) is 0 Å². The Hall–Kier alpha value is -2.17. The third-order valence-electron chi connectivity index (χ3n) is 4.25. The second-order valence-electron chi connectivity index (χ2n) is 5.77. The summed E-state index contributed by atoms with van der Waals surface area (Å²) >= 11 is 5.89. The summed E-state index contributed by atoms with van der Waals surface area (Å²) in [5.41, 5.74) is 1.11. The fourth-order valence-corrected chi connectivity index (χ4v) is 3.18. The van der Waals surface area contributed by atoms with E-state index in [2.05, 4.69) is 11.0 Å². The zero-order chi connectivity index (χ0) is 16.5. The molecule has 1 aliphatic heterocycles. The minimum absolute atomic E-state index is 0.362. The Morgan fingerprint density at radius 3 is 2.62 bits per heavy atom. The molecular weight excluding hydrogens is 327 g/mol. The number of nitrogens with zero attached hydrogens (tertiary/aromatic N) is 2. The fraction of sp³-hybridized carbons (Fsp3) is 0.211. The molecule has 5 heteroatoms. The van der Waals surface area contributed by atoms with E-state index in [9.17, 15) is 4.39 Å². The van der Waals surface area contributed by atoms with Gasteiger partial charge in [0.25, 0.3) is 0 Å². The summed E-state index contributed by atoms with van der Waals surface area (Å²) in [4.78, 5) is 6.95. The van der Waals surface area contributed by atoms with Gasteiger partial charge in [-0.15, -0.1) is 0 Å². The number of pyridine rings is 1. The number of fused-ring (bicyclic) bond motifs is 1. The van der Waals surface area contributed by atoms with E-state index in [4.69, 9.17) is 21.3 Å². The van der Waals surface area contributed by atoms with E-state index in [1.807, 2.05) is 24.3 Å². The first-order valence-electron chi connectivity index (χ1n) is 7.90. The summed E-state index contributed by atoms with van der Waals surface area (Å²) in [5, 5.41) is 2.35. The van der Waals surface area contributed by atoms with E-state index in [-0.39, 0.29) is 5.82 Å². The number of hydrogen-bond acceptors (Lipinski definition) is 3. The maximum Gasteiger partial charge on any atom is 0.134 e. The van der Waals surface area contributed by atoms with Crippen LogP contribution < -0.4 is 4.90 Å². The standard InChI is InChI=1S/C19H16ClFN2O/c20-14-5-6-16(17(21)12-14)19-15-4-2-1-3-13(15)11-18(22-19)23-7-9-24-10-8-23/h1-6,11-12H,7-10H2. The Morgan fingerprint density at radius 1 is 1.04 bits per heavy atom. The van der Waals surface area contributed by atoms with Crippen molar-refractivity contribution in [2.75, 3.05) is 31.2 Å². The summed E-state index contributed by atoms with van der Waals surface area (Å²) in [5.74, 6) is 0.487.